The molecule has 1 unspecified atom stereocenters. The molecule has 0 radical (unpaired) electrons. The lowest BCUT2D eigenvalue weighted by Crippen LogP contribution is -2.39. The minimum Gasteiger partial charge on any atom is -0.393 e. The lowest BCUT2D eigenvalue weighted by Gasteiger charge is -2.27. The second-order valence-corrected chi connectivity index (χ2v) is 7.14. The summed E-state index contributed by atoms with van der Waals surface area (Å²) in [7, 11) is 1.82. The van der Waals surface area contributed by atoms with Gasteiger partial charge in [-0.3, -0.25) is 9.69 Å². The fraction of sp³-hybridized carbons (Fsp3) is 0.857. The number of hydrogen-bond acceptors (Lipinski definition) is 3. The summed E-state index contributed by atoms with van der Waals surface area (Å²) in [6, 6.07) is 0. The maximum absolute atomic E-state index is 12.1. The molecule has 1 fully saturated rings. The molecule has 0 saturated carbocycles. The maximum Gasteiger partial charge on any atom is 0.236 e. The summed E-state index contributed by atoms with van der Waals surface area (Å²) in [6.45, 7) is 10.0. The fourth-order valence-electron chi connectivity index (χ4n) is 2.40. The van der Waals surface area contributed by atoms with Crippen molar-refractivity contribution in [2.75, 3.05) is 33.2 Å². The van der Waals surface area contributed by atoms with Crippen LogP contribution < -0.4 is 5.73 Å². The van der Waals surface area contributed by atoms with Crippen molar-refractivity contribution in [1.82, 2.24) is 9.80 Å². The van der Waals surface area contributed by atoms with E-state index in [-0.39, 0.29) is 5.91 Å². The maximum atomic E-state index is 12.1. The Balaban J connectivity index is 2.36. The molecule has 0 aromatic heterocycles. The Morgan fingerprint density at radius 1 is 1.47 bits per heavy atom. The zero-order chi connectivity index (χ0) is 14.6. The molecule has 1 atom stereocenters. The van der Waals surface area contributed by atoms with Crippen LogP contribution in [-0.2, 0) is 4.79 Å². The number of amides is 1. The predicted octanol–water partition coefficient (Wildman–Crippen LogP) is 1.49. The molecule has 1 saturated heterocycles. The molecular weight excluding hydrogens is 258 g/mol. The highest BCUT2D eigenvalue weighted by Gasteiger charge is 2.32. The lowest BCUT2D eigenvalue weighted by molar-refractivity contribution is -0.130. The molecule has 1 amide bonds. The van der Waals surface area contributed by atoms with E-state index in [0.29, 0.717) is 35.8 Å². The average Bonchev–Trinajstić information content (AvgIpc) is 2.73. The highest BCUT2D eigenvalue weighted by molar-refractivity contribution is 7.80. The first-order chi connectivity index (χ1) is 8.70. The standard InChI is InChI=1S/C14H27N3OS/c1-14(2,3)11-5-8-17(9-11)10-13(18)16(4)7-6-12(15)19/h11H,5-10H2,1-4H3,(H2,15,19). The van der Waals surface area contributed by atoms with Gasteiger partial charge in [-0.1, -0.05) is 33.0 Å². The van der Waals surface area contributed by atoms with Crippen LogP contribution >= 0.6 is 12.2 Å². The van der Waals surface area contributed by atoms with Crippen LogP contribution in [0.3, 0.4) is 0 Å². The van der Waals surface area contributed by atoms with E-state index in [9.17, 15) is 4.79 Å². The number of likely N-dealkylation sites (N-methyl/N-ethyl adjacent to an activating group) is 1. The Bertz CT molecular complexity index is 338. The van der Waals surface area contributed by atoms with E-state index in [2.05, 4.69) is 25.7 Å². The van der Waals surface area contributed by atoms with Crippen molar-refractivity contribution < 1.29 is 4.79 Å². The van der Waals surface area contributed by atoms with E-state index in [4.69, 9.17) is 18.0 Å². The van der Waals surface area contributed by atoms with Crippen LogP contribution in [0.1, 0.15) is 33.6 Å². The summed E-state index contributed by atoms with van der Waals surface area (Å²) in [5.74, 6) is 0.841. The number of rotatable bonds is 5. The molecule has 0 aromatic carbocycles. The number of carbonyl (C=O) groups is 1. The summed E-state index contributed by atoms with van der Waals surface area (Å²) >= 11 is 4.83. The molecule has 4 nitrogen and oxygen atoms in total. The number of thiocarbonyl (C=S) groups is 1. The molecule has 110 valence electrons. The second-order valence-electron chi connectivity index (χ2n) is 6.62. The van der Waals surface area contributed by atoms with Gasteiger partial charge >= 0.3 is 0 Å². The summed E-state index contributed by atoms with van der Waals surface area (Å²) < 4.78 is 0. The van der Waals surface area contributed by atoms with Crippen LogP contribution in [0.4, 0.5) is 0 Å². The van der Waals surface area contributed by atoms with Gasteiger partial charge in [0.25, 0.3) is 0 Å². The zero-order valence-corrected chi connectivity index (χ0v) is 13.4. The molecule has 1 rings (SSSR count). The van der Waals surface area contributed by atoms with Crippen molar-refractivity contribution in [2.45, 2.75) is 33.6 Å². The summed E-state index contributed by atoms with van der Waals surface area (Å²) in [6.07, 6.45) is 1.79. The lowest BCUT2D eigenvalue weighted by atomic mass is 9.80. The summed E-state index contributed by atoms with van der Waals surface area (Å²) in [5, 5.41) is 0. The molecule has 5 heteroatoms. The molecule has 1 aliphatic rings. The highest BCUT2D eigenvalue weighted by Crippen LogP contribution is 2.33. The van der Waals surface area contributed by atoms with Gasteiger partial charge in [0.15, 0.2) is 0 Å². The van der Waals surface area contributed by atoms with Gasteiger partial charge in [0.05, 0.1) is 11.5 Å². The van der Waals surface area contributed by atoms with Gasteiger partial charge in [-0.25, -0.2) is 0 Å². The number of carbonyl (C=O) groups excluding carboxylic acids is 1. The van der Waals surface area contributed by atoms with Gasteiger partial charge in [0, 0.05) is 26.6 Å². The molecule has 19 heavy (non-hydrogen) atoms. The molecule has 0 spiro atoms. The van der Waals surface area contributed by atoms with E-state index < -0.39 is 0 Å². The number of nitrogens with zero attached hydrogens (tertiary/aromatic N) is 2. The predicted molar refractivity (Wildman–Crippen MR) is 83.0 cm³/mol. The molecule has 1 heterocycles. The van der Waals surface area contributed by atoms with E-state index >= 15 is 0 Å². The SMILES string of the molecule is CN(CCC(N)=S)C(=O)CN1CCC(C(C)(C)C)C1. The van der Waals surface area contributed by atoms with Crippen LogP contribution in [0.2, 0.25) is 0 Å². The normalized spacial score (nSPS) is 20.5. The van der Waals surface area contributed by atoms with E-state index in [1.54, 1.807) is 4.90 Å². The first kappa shape index (κ1) is 16.4. The van der Waals surface area contributed by atoms with Crippen LogP contribution in [0.25, 0.3) is 0 Å². The van der Waals surface area contributed by atoms with Crippen molar-refractivity contribution in [3.05, 3.63) is 0 Å². The Hall–Kier alpha value is -0.680. The van der Waals surface area contributed by atoms with Gasteiger partial charge < -0.3 is 10.6 Å². The third-order valence-corrected chi connectivity index (χ3v) is 4.18. The smallest absolute Gasteiger partial charge is 0.236 e. The van der Waals surface area contributed by atoms with Crippen molar-refractivity contribution in [2.24, 2.45) is 17.1 Å². The Labute approximate surface area is 122 Å². The first-order valence-electron chi connectivity index (χ1n) is 6.94. The van der Waals surface area contributed by atoms with Gasteiger partial charge in [0.1, 0.15) is 0 Å². The Morgan fingerprint density at radius 2 is 2.11 bits per heavy atom. The van der Waals surface area contributed by atoms with Crippen molar-refractivity contribution in [3.63, 3.8) is 0 Å². The largest absolute Gasteiger partial charge is 0.393 e. The monoisotopic (exact) mass is 285 g/mol. The van der Waals surface area contributed by atoms with Gasteiger partial charge in [-0.05, 0) is 24.3 Å². The van der Waals surface area contributed by atoms with Crippen LogP contribution in [-0.4, -0.2) is 53.9 Å². The van der Waals surface area contributed by atoms with E-state index in [1.807, 2.05) is 7.05 Å². The van der Waals surface area contributed by atoms with Gasteiger partial charge in [-0.15, -0.1) is 0 Å². The Kier molecular flexibility index (Phi) is 5.74. The number of likely N-dealkylation sites (tertiary alicyclic amines) is 1. The van der Waals surface area contributed by atoms with E-state index in [0.717, 1.165) is 13.1 Å². The third-order valence-electron chi connectivity index (χ3n) is 3.98. The first-order valence-corrected chi connectivity index (χ1v) is 7.35. The molecule has 0 aliphatic carbocycles. The molecular formula is C14H27N3OS. The minimum absolute atomic E-state index is 0.158. The molecule has 0 bridgehead atoms. The van der Waals surface area contributed by atoms with Crippen molar-refractivity contribution in [1.29, 1.82) is 0 Å². The fourth-order valence-corrected chi connectivity index (χ4v) is 2.49. The van der Waals surface area contributed by atoms with Crippen LogP contribution in [0.5, 0.6) is 0 Å². The second kappa shape index (κ2) is 6.66. The number of hydrogen-bond donors (Lipinski definition) is 1. The highest BCUT2D eigenvalue weighted by atomic mass is 32.1. The van der Waals surface area contributed by atoms with Crippen molar-refractivity contribution in [3.8, 4) is 0 Å². The topological polar surface area (TPSA) is 49.6 Å². The molecule has 1 aliphatic heterocycles. The zero-order valence-electron chi connectivity index (χ0n) is 12.6. The Morgan fingerprint density at radius 3 is 2.58 bits per heavy atom. The van der Waals surface area contributed by atoms with Gasteiger partial charge in [0.2, 0.25) is 5.91 Å². The third kappa shape index (κ3) is 5.45. The average molecular weight is 285 g/mol. The minimum atomic E-state index is 0.158. The molecule has 2 N–H and O–H groups in total. The quantitative estimate of drug-likeness (QED) is 0.778. The van der Waals surface area contributed by atoms with Crippen molar-refractivity contribution >= 4 is 23.1 Å². The van der Waals surface area contributed by atoms with Crippen LogP contribution in [0.15, 0.2) is 0 Å². The van der Waals surface area contributed by atoms with Gasteiger partial charge in [-0.2, -0.15) is 0 Å². The molecule has 0 aromatic rings. The summed E-state index contributed by atoms with van der Waals surface area (Å²) in [5.41, 5.74) is 5.78. The number of nitrogens with two attached hydrogens (primary N) is 1. The summed E-state index contributed by atoms with van der Waals surface area (Å²) in [4.78, 5) is 16.5. The van der Waals surface area contributed by atoms with E-state index in [1.165, 1.54) is 6.42 Å². The van der Waals surface area contributed by atoms with Crippen LogP contribution in [0, 0.1) is 11.3 Å².